The predicted octanol–water partition coefficient (Wildman–Crippen LogP) is 2.54. The summed E-state index contributed by atoms with van der Waals surface area (Å²) in [7, 11) is -0.500. The smallest absolute Gasteiger partial charge is 0.206 e. The molecule has 2 rings (SSSR count). The summed E-state index contributed by atoms with van der Waals surface area (Å²) < 4.78 is 34.9. The average molecular weight is 278 g/mol. The van der Waals surface area contributed by atoms with Crippen LogP contribution in [0, 0.1) is 0 Å². The third-order valence-electron chi connectivity index (χ3n) is 2.72. The Morgan fingerprint density at radius 1 is 0.789 bits per heavy atom. The molecule has 0 aliphatic carbocycles. The number of hydrogen-bond donors (Lipinski definition) is 0. The molecule has 0 atom stereocenters. The minimum absolute atomic E-state index is 0.206. The molecule has 0 saturated carbocycles. The number of rotatable bonds is 4. The van der Waals surface area contributed by atoms with Crippen molar-refractivity contribution in [2.45, 2.75) is 9.79 Å². The van der Waals surface area contributed by atoms with E-state index in [-0.39, 0.29) is 9.79 Å². The van der Waals surface area contributed by atoms with E-state index < -0.39 is 9.84 Å². The summed E-state index contributed by atoms with van der Waals surface area (Å²) in [5, 5.41) is 0. The Balaban J connectivity index is 2.45. The average Bonchev–Trinajstić information content (AvgIpc) is 2.47. The minimum Gasteiger partial charge on any atom is -0.497 e. The highest BCUT2D eigenvalue weighted by molar-refractivity contribution is 7.91. The molecule has 0 bridgehead atoms. The normalized spacial score (nSPS) is 11.1. The molecule has 0 aliphatic heterocycles. The lowest BCUT2D eigenvalue weighted by Crippen LogP contribution is -2.02. The van der Waals surface area contributed by atoms with Crippen molar-refractivity contribution in [2.24, 2.45) is 0 Å². The molecular weight excluding hydrogens is 264 g/mol. The first kappa shape index (κ1) is 13.4. The second-order valence-corrected chi connectivity index (χ2v) is 5.81. The van der Waals surface area contributed by atoms with Crippen LogP contribution in [0.3, 0.4) is 0 Å². The van der Waals surface area contributed by atoms with Crippen molar-refractivity contribution in [1.82, 2.24) is 0 Å². The fourth-order valence-electron chi connectivity index (χ4n) is 1.66. The summed E-state index contributed by atoms with van der Waals surface area (Å²) in [4.78, 5) is 0.429. The van der Waals surface area contributed by atoms with Crippen LogP contribution in [0.15, 0.2) is 58.3 Å². The molecule has 100 valence electrons. The van der Waals surface area contributed by atoms with E-state index in [2.05, 4.69) is 0 Å². The van der Waals surface area contributed by atoms with E-state index >= 15 is 0 Å². The van der Waals surface area contributed by atoms with Crippen LogP contribution in [0.25, 0.3) is 0 Å². The fourth-order valence-corrected chi connectivity index (χ4v) is 2.95. The van der Waals surface area contributed by atoms with Gasteiger partial charge in [0.1, 0.15) is 11.5 Å². The Kier molecular flexibility index (Phi) is 3.76. The van der Waals surface area contributed by atoms with E-state index in [0.717, 1.165) is 0 Å². The molecule has 0 N–H and O–H groups in total. The van der Waals surface area contributed by atoms with Gasteiger partial charge in [0.15, 0.2) is 0 Å². The van der Waals surface area contributed by atoms with Crippen LogP contribution >= 0.6 is 0 Å². The largest absolute Gasteiger partial charge is 0.497 e. The van der Waals surface area contributed by atoms with Crippen molar-refractivity contribution in [1.29, 1.82) is 0 Å². The Bertz CT molecular complexity index is 660. The Hall–Kier alpha value is -2.01. The molecule has 5 heteroatoms. The standard InChI is InChI=1S/C14H14O4S/c1-17-11-6-8-13(9-7-11)19(15,16)14-5-3-4-12(10-14)18-2/h3-10H,1-2H3. The van der Waals surface area contributed by atoms with Gasteiger partial charge in [-0.15, -0.1) is 0 Å². The first-order chi connectivity index (χ1) is 9.07. The van der Waals surface area contributed by atoms with Crippen LogP contribution in [-0.4, -0.2) is 22.6 Å². The minimum atomic E-state index is -3.53. The molecule has 0 unspecified atom stereocenters. The van der Waals surface area contributed by atoms with Crippen LogP contribution < -0.4 is 9.47 Å². The monoisotopic (exact) mass is 278 g/mol. The van der Waals surface area contributed by atoms with Gasteiger partial charge >= 0.3 is 0 Å². The van der Waals surface area contributed by atoms with Gasteiger partial charge in [0, 0.05) is 0 Å². The first-order valence-electron chi connectivity index (χ1n) is 5.61. The summed E-state index contributed by atoms with van der Waals surface area (Å²) in [6.45, 7) is 0. The van der Waals surface area contributed by atoms with E-state index in [1.54, 1.807) is 30.3 Å². The molecular formula is C14H14O4S. The van der Waals surface area contributed by atoms with Crippen molar-refractivity contribution < 1.29 is 17.9 Å². The van der Waals surface area contributed by atoms with E-state index in [4.69, 9.17) is 9.47 Å². The third-order valence-corrected chi connectivity index (χ3v) is 4.49. The quantitative estimate of drug-likeness (QED) is 0.862. The Labute approximate surface area is 112 Å². The molecule has 0 saturated heterocycles. The molecule has 4 nitrogen and oxygen atoms in total. The van der Waals surface area contributed by atoms with Gasteiger partial charge < -0.3 is 9.47 Å². The summed E-state index contributed by atoms with van der Waals surface area (Å²) in [5.41, 5.74) is 0. The van der Waals surface area contributed by atoms with Gasteiger partial charge in [-0.1, -0.05) is 6.07 Å². The van der Waals surface area contributed by atoms with Crippen molar-refractivity contribution in [2.75, 3.05) is 14.2 Å². The number of benzene rings is 2. The first-order valence-corrected chi connectivity index (χ1v) is 7.09. The number of ether oxygens (including phenoxy) is 2. The maximum Gasteiger partial charge on any atom is 0.206 e. The molecule has 0 fully saturated rings. The maximum atomic E-state index is 12.4. The van der Waals surface area contributed by atoms with Gasteiger partial charge in [0.25, 0.3) is 0 Å². The second kappa shape index (κ2) is 5.32. The lowest BCUT2D eigenvalue weighted by atomic mass is 10.3. The Morgan fingerprint density at radius 3 is 2.00 bits per heavy atom. The molecule has 0 aliphatic rings. The van der Waals surface area contributed by atoms with Gasteiger partial charge in [0.2, 0.25) is 9.84 Å². The summed E-state index contributed by atoms with van der Waals surface area (Å²) in [6, 6.07) is 12.7. The van der Waals surface area contributed by atoms with Crippen molar-refractivity contribution >= 4 is 9.84 Å². The van der Waals surface area contributed by atoms with Gasteiger partial charge in [-0.3, -0.25) is 0 Å². The van der Waals surface area contributed by atoms with E-state index in [1.165, 1.54) is 32.4 Å². The van der Waals surface area contributed by atoms with Gasteiger partial charge in [-0.2, -0.15) is 0 Å². The predicted molar refractivity (Wildman–Crippen MR) is 71.4 cm³/mol. The summed E-state index contributed by atoms with van der Waals surface area (Å²) in [5.74, 6) is 1.12. The van der Waals surface area contributed by atoms with Crippen LogP contribution in [0.1, 0.15) is 0 Å². The summed E-state index contributed by atoms with van der Waals surface area (Å²) in [6.07, 6.45) is 0. The van der Waals surface area contributed by atoms with E-state index in [0.29, 0.717) is 11.5 Å². The molecule has 0 aromatic heterocycles. The van der Waals surface area contributed by atoms with Crippen LogP contribution in [0.5, 0.6) is 11.5 Å². The van der Waals surface area contributed by atoms with Gasteiger partial charge in [-0.25, -0.2) is 8.42 Å². The SMILES string of the molecule is COc1ccc(S(=O)(=O)c2cccc(OC)c2)cc1. The van der Waals surface area contributed by atoms with Crippen molar-refractivity contribution in [3.05, 3.63) is 48.5 Å². The second-order valence-electron chi connectivity index (χ2n) is 3.86. The van der Waals surface area contributed by atoms with Crippen LogP contribution in [0.2, 0.25) is 0 Å². The number of sulfone groups is 1. The number of methoxy groups -OCH3 is 2. The highest BCUT2D eigenvalue weighted by Crippen LogP contribution is 2.25. The van der Waals surface area contributed by atoms with E-state index in [1.807, 2.05) is 0 Å². The highest BCUT2D eigenvalue weighted by atomic mass is 32.2. The molecule has 0 spiro atoms. The highest BCUT2D eigenvalue weighted by Gasteiger charge is 2.18. The molecule has 0 radical (unpaired) electrons. The maximum absolute atomic E-state index is 12.4. The zero-order valence-corrected chi connectivity index (χ0v) is 11.5. The van der Waals surface area contributed by atoms with Gasteiger partial charge in [-0.05, 0) is 42.5 Å². The summed E-state index contributed by atoms with van der Waals surface area (Å²) >= 11 is 0. The molecule has 19 heavy (non-hydrogen) atoms. The van der Waals surface area contributed by atoms with Crippen molar-refractivity contribution in [3.8, 4) is 11.5 Å². The lowest BCUT2D eigenvalue weighted by Gasteiger charge is -2.07. The zero-order chi connectivity index (χ0) is 13.9. The van der Waals surface area contributed by atoms with E-state index in [9.17, 15) is 8.42 Å². The van der Waals surface area contributed by atoms with Crippen LogP contribution in [0.4, 0.5) is 0 Å². The fraction of sp³-hybridized carbons (Fsp3) is 0.143. The molecule has 2 aromatic rings. The number of hydrogen-bond acceptors (Lipinski definition) is 4. The molecule has 0 heterocycles. The topological polar surface area (TPSA) is 52.6 Å². The van der Waals surface area contributed by atoms with Crippen LogP contribution in [-0.2, 0) is 9.84 Å². The zero-order valence-electron chi connectivity index (χ0n) is 10.7. The lowest BCUT2D eigenvalue weighted by molar-refractivity contribution is 0.413. The third kappa shape index (κ3) is 2.71. The molecule has 2 aromatic carbocycles. The van der Waals surface area contributed by atoms with Crippen molar-refractivity contribution in [3.63, 3.8) is 0 Å². The molecule has 0 amide bonds. The van der Waals surface area contributed by atoms with Gasteiger partial charge in [0.05, 0.1) is 24.0 Å². The Morgan fingerprint density at radius 2 is 1.42 bits per heavy atom.